The number of benzene rings is 2. The average molecular weight is 279 g/mol. The smallest absolute Gasteiger partial charge is 0.185 e. The van der Waals surface area contributed by atoms with Gasteiger partial charge in [-0.2, -0.15) is 0 Å². The van der Waals surface area contributed by atoms with E-state index in [2.05, 4.69) is 10.0 Å². The van der Waals surface area contributed by atoms with Gasteiger partial charge in [-0.3, -0.25) is 4.79 Å². The van der Waals surface area contributed by atoms with E-state index in [4.69, 9.17) is 10.3 Å². The Morgan fingerprint density at radius 1 is 1.14 bits per heavy atom. The molecule has 0 radical (unpaired) electrons. The van der Waals surface area contributed by atoms with Crippen LogP contribution in [0.1, 0.15) is 15.9 Å². The molecule has 0 bridgehead atoms. The summed E-state index contributed by atoms with van der Waals surface area (Å²) < 4.78 is 5.07. The second-order valence-corrected chi connectivity index (χ2v) is 4.21. The van der Waals surface area contributed by atoms with Gasteiger partial charge in [0.05, 0.1) is 7.11 Å². The zero-order chi connectivity index (χ0) is 15.1. The first-order chi connectivity index (χ1) is 10.2. The Morgan fingerprint density at radius 3 is 2.38 bits per heavy atom. The summed E-state index contributed by atoms with van der Waals surface area (Å²) in [5.74, 6) is 0.658. The summed E-state index contributed by atoms with van der Waals surface area (Å²) in [6, 6.07) is 13.9. The molecule has 0 saturated carbocycles. The van der Waals surface area contributed by atoms with Crippen LogP contribution in [0.15, 0.2) is 59.7 Å². The Kier molecular flexibility index (Phi) is 4.75. The summed E-state index contributed by atoms with van der Waals surface area (Å²) >= 11 is 0. The van der Waals surface area contributed by atoms with Gasteiger partial charge in [-0.25, -0.2) is 0 Å². The maximum absolute atomic E-state index is 12.0. The molecule has 5 nitrogen and oxygen atoms in total. The van der Waals surface area contributed by atoms with Crippen molar-refractivity contribution in [1.29, 1.82) is 0 Å². The van der Waals surface area contributed by atoms with Crippen molar-refractivity contribution in [1.82, 2.24) is 0 Å². The fraction of sp³-hybridized carbons (Fsp3) is 0.0625. The van der Waals surface area contributed by atoms with Crippen molar-refractivity contribution in [2.45, 2.75) is 0 Å². The molecule has 0 fully saturated rings. The Labute approximate surface area is 122 Å². The van der Waals surface area contributed by atoms with Crippen LogP contribution in [-0.2, 0) is 0 Å². The number of rotatable bonds is 5. The van der Waals surface area contributed by atoms with Crippen LogP contribution >= 0.6 is 0 Å². The molecule has 2 aromatic carbocycles. The van der Waals surface area contributed by atoms with Gasteiger partial charge in [-0.15, -0.1) is 0 Å². The number of ketones is 1. The molecule has 0 atom stereocenters. The highest BCUT2D eigenvalue weighted by Crippen LogP contribution is 2.15. The fourth-order valence-electron chi connectivity index (χ4n) is 1.73. The minimum absolute atomic E-state index is 0.113. The lowest BCUT2D eigenvalue weighted by molar-refractivity contribution is 0.104. The number of nitrogens with zero attached hydrogens (tertiary/aromatic N) is 3. The quantitative estimate of drug-likeness (QED) is 0.265. The van der Waals surface area contributed by atoms with E-state index in [0.717, 1.165) is 11.3 Å². The zero-order valence-corrected chi connectivity index (χ0v) is 11.4. The summed E-state index contributed by atoms with van der Waals surface area (Å²) in [6.45, 7) is 0. The monoisotopic (exact) mass is 279 g/mol. The van der Waals surface area contributed by atoms with Crippen molar-refractivity contribution in [3.63, 3.8) is 0 Å². The number of carbonyl (C=O) groups excluding carboxylic acids is 1. The van der Waals surface area contributed by atoms with Crippen molar-refractivity contribution in [3.8, 4) is 5.75 Å². The van der Waals surface area contributed by atoms with Crippen molar-refractivity contribution in [3.05, 3.63) is 76.2 Å². The van der Waals surface area contributed by atoms with Gasteiger partial charge in [-0.1, -0.05) is 47.6 Å². The molecule has 0 saturated heterocycles. The number of azide groups is 1. The van der Waals surface area contributed by atoms with Gasteiger partial charge in [0, 0.05) is 16.2 Å². The van der Waals surface area contributed by atoms with Crippen molar-refractivity contribution in [2.75, 3.05) is 7.11 Å². The normalized spacial score (nSPS) is 10.1. The molecule has 104 valence electrons. The molecule has 0 aliphatic carbocycles. The summed E-state index contributed by atoms with van der Waals surface area (Å²) in [4.78, 5) is 14.7. The Hall–Kier alpha value is -3.04. The van der Waals surface area contributed by atoms with E-state index in [0.29, 0.717) is 11.3 Å². The SMILES string of the molecule is COc1ccc(/C=C/C(=O)c2ccc(N=[N+]=[N-])cc2)cc1. The zero-order valence-electron chi connectivity index (χ0n) is 11.4. The molecule has 0 heterocycles. The minimum Gasteiger partial charge on any atom is -0.497 e. The number of hydrogen-bond acceptors (Lipinski definition) is 3. The van der Waals surface area contributed by atoms with E-state index in [1.165, 1.54) is 6.08 Å². The minimum atomic E-state index is -0.113. The van der Waals surface area contributed by atoms with E-state index in [-0.39, 0.29) is 5.78 Å². The van der Waals surface area contributed by atoms with E-state index < -0.39 is 0 Å². The van der Waals surface area contributed by atoms with Crippen LogP contribution in [0.3, 0.4) is 0 Å². The van der Waals surface area contributed by atoms with E-state index in [1.807, 2.05) is 24.3 Å². The molecular formula is C16H13N3O2. The molecule has 0 aliphatic heterocycles. The second-order valence-electron chi connectivity index (χ2n) is 4.21. The van der Waals surface area contributed by atoms with E-state index in [1.54, 1.807) is 37.5 Å². The topological polar surface area (TPSA) is 75.1 Å². The lowest BCUT2D eigenvalue weighted by Crippen LogP contribution is -1.92. The maximum atomic E-state index is 12.0. The van der Waals surface area contributed by atoms with Crippen LogP contribution in [-0.4, -0.2) is 12.9 Å². The third-order valence-corrected chi connectivity index (χ3v) is 2.85. The van der Waals surface area contributed by atoms with Crippen LogP contribution in [0.5, 0.6) is 5.75 Å². The van der Waals surface area contributed by atoms with Crippen LogP contribution in [0.25, 0.3) is 16.5 Å². The summed E-state index contributed by atoms with van der Waals surface area (Å²) in [6.07, 6.45) is 3.24. The van der Waals surface area contributed by atoms with Crippen molar-refractivity contribution in [2.24, 2.45) is 5.11 Å². The van der Waals surface area contributed by atoms with Crippen molar-refractivity contribution >= 4 is 17.5 Å². The number of methoxy groups -OCH3 is 1. The molecule has 2 aromatic rings. The number of allylic oxidation sites excluding steroid dienone is 1. The van der Waals surface area contributed by atoms with Crippen LogP contribution in [0, 0.1) is 0 Å². The van der Waals surface area contributed by atoms with Gasteiger partial charge >= 0.3 is 0 Å². The third-order valence-electron chi connectivity index (χ3n) is 2.85. The Morgan fingerprint density at radius 2 is 1.81 bits per heavy atom. The molecule has 0 aromatic heterocycles. The predicted molar refractivity (Wildman–Crippen MR) is 81.6 cm³/mol. The fourth-order valence-corrected chi connectivity index (χ4v) is 1.73. The van der Waals surface area contributed by atoms with E-state index >= 15 is 0 Å². The number of hydrogen-bond donors (Lipinski definition) is 0. The summed E-state index contributed by atoms with van der Waals surface area (Å²) in [7, 11) is 1.61. The van der Waals surface area contributed by atoms with Gasteiger partial charge in [0.1, 0.15) is 5.75 Å². The molecule has 2 rings (SSSR count). The van der Waals surface area contributed by atoms with Gasteiger partial charge in [0.2, 0.25) is 0 Å². The lowest BCUT2D eigenvalue weighted by atomic mass is 10.1. The molecule has 0 N–H and O–H groups in total. The Bertz CT molecular complexity index is 697. The second kappa shape index (κ2) is 6.93. The molecule has 0 amide bonds. The summed E-state index contributed by atoms with van der Waals surface area (Å²) in [5.41, 5.74) is 10.2. The van der Waals surface area contributed by atoms with Gasteiger partial charge in [0.15, 0.2) is 5.78 Å². The van der Waals surface area contributed by atoms with Crippen LogP contribution in [0.2, 0.25) is 0 Å². The molecule has 5 heteroatoms. The first-order valence-electron chi connectivity index (χ1n) is 6.24. The first-order valence-corrected chi connectivity index (χ1v) is 6.24. The largest absolute Gasteiger partial charge is 0.497 e. The highest BCUT2D eigenvalue weighted by atomic mass is 16.5. The van der Waals surface area contributed by atoms with Gasteiger partial charge < -0.3 is 4.74 Å². The van der Waals surface area contributed by atoms with Gasteiger partial charge in [0.25, 0.3) is 0 Å². The van der Waals surface area contributed by atoms with Crippen LogP contribution in [0.4, 0.5) is 5.69 Å². The van der Waals surface area contributed by atoms with E-state index in [9.17, 15) is 4.79 Å². The molecule has 0 aliphatic rings. The third kappa shape index (κ3) is 3.96. The maximum Gasteiger partial charge on any atom is 0.185 e. The summed E-state index contributed by atoms with van der Waals surface area (Å²) in [5, 5.41) is 3.46. The van der Waals surface area contributed by atoms with Crippen LogP contribution < -0.4 is 4.74 Å². The first kappa shape index (κ1) is 14.4. The highest BCUT2D eigenvalue weighted by molar-refractivity contribution is 6.06. The predicted octanol–water partition coefficient (Wildman–Crippen LogP) is 4.53. The Balaban J connectivity index is 2.08. The molecule has 0 spiro atoms. The molecular weight excluding hydrogens is 266 g/mol. The highest BCUT2D eigenvalue weighted by Gasteiger charge is 2.01. The average Bonchev–Trinajstić information content (AvgIpc) is 2.54. The lowest BCUT2D eigenvalue weighted by Gasteiger charge is -1.99. The number of ether oxygens (including phenoxy) is 1. The number of carbonyl (C=O) groups is 1. The molecule has 0 unspecified atom stereocenters. The standard InChI is InChI=1S/C16H13N3O2/c1-21-15-9-2-12(3-10-15)4-11-16(20)13-5-7-14(8-6-13)18-19-17/h2-11H,1H3/b11-4+. The van der Waals surface area contributed by atoms with Gasteiger partial charge in [-0.05, 0) is 29.3 Å². The van der Waals surface area contributed by atoms with Crippen molar-refractivity contribution < 1.29 is 9.53 Å². The molecule has 21 heavy (non-hydrogen) atoms.